The first kappa shape index (κ1) is 28.6. The molecule has 1 aromatic carbocycles. The molecular formula is C30H35F2N9O2. The quantitative estimate of drug-likeness (QED) is 0.260. The lowest BCUT2D eigenvalue weighted by Gasteiger charge is -2.34. The number of aromatic amines is 1. The van der Waals surface area contributed by atoms with Crippen molar-refractivity contribution in [3.63, 3.8) is 0 Å². The molecule has 2 aliphatic heterocycles. The highest BCUT2D eigenvalue weighted by Gasteiger charge is 2.26. The van der Waals surface area contributed by atoms with E-state index in [-0.39, 0.29) is 17.6 Å². The number of anilines is 4. The molecule has 0 spiro atoms. The number of aryl methyl sites for hydroxylation is 3. The molecule has 11 nitrogen and oxygen atoms in total. The number of amides is 1. The molecule has 4 aromatic rings. The number of carbonyl (C=O) groups excluding carboxylic acids is 1. The Hall–Kier alpha value is -4.52. The van der Waals surface area contributed by atoms with Gasteiger partial charge in [0.2, 0.25) is 5.95 Å². The highest BCUT2D eigenvalue weighted by Crippen LogP contribution is 2.34. The zero-order valence-corrected chi connectivity index (χ0v) is 24.5. The minimum Gasteiger partial charge on any atom is -0.433 e. The minimum atomic E-state index is -2.98. The van der Waals surface area contributed by atoms with Gasteiger partial charge in [0.25, 0.3) is 5.91 Å². The van der Waals surface area contributed by atoms with E-state index < -0.39 is 6.61 Å². The number of likely N-dealkylation sites (N-methyl/N-ethyl adjacent to an activating group) is 1. The summed E-state index contributed by atoms with van der Waals surface area (Å²) in [6.07, 6.45) is 6.28. The molecule has 3 aromatic heterocycles. The van der Waals surface area contributed by atoms with Gasteiger partial charge in [-0.15, -0.1) is 0 Å². The molecule has 6 rings (SSSR count). The van der Waals surface area contributed by atoms with E-state index in [1.807, 2.05) is 30.7 Å². The molecule has 5 heterocycles. The number of hydrogen-bond acceptors (Lipinski definition) is 8. The fraction of sp³-hybridized carbons (Fsp3) is 0.400. The summed E-state index contributed by atoms with van der Waals surface area (Å²) in [6, 6.07) is 7.01. The van der Waals surface area contributed by atoms with Crippen LogP contribution >= 0.6 is 0 Å². The Morgan fingerprint density at radius 3 is 2.67 bits per heavy atom. The number of halogens is 2. The van der Waals surface area contributed by atoms with E-state index in [0.29, 0.717) is 36.3 Å². The van der Waals surface area contributed by atoms with Gasteiger partial charge in [-0.05, 0) is 50.9 Å². The lowest BCUT2D eigenvalue weighted by atomic mass is 10.0. The summed E-state index contributed by atoms with van der Waals surface area (Å²) in [5, 5.41) is 13.5. The van der Waals surface area contributed by atoms with Crippen molar-refractivity contribution in [1.29, 1.82) is 0 Å². The summed E-state index contributed by atoms with van der Waals surface area (Å²) in [5.74, 6) is 0.682. The number of carbonyl (C=O) groups is 1. The smallest absolute Gasteiger partial charge is 0.387 e. The van der Waals surface area contributed by atoms with Gasteiger partial charge in [0.05, 0.1) is 28.3 Å². The highest BCUT2D eigenvalue weighted by atomic mass is 19.3. The Morgan fingerprint density at radius 2 is 1.93 bits per heavy atom. The van der Waals surface area contributed by atoms with Gasteiger partial charge in [-0.25, -0.2) is 4.98 Å². The molecule has 0 bridgehead atoms. The summed E-state index contributed by atoms with van der Waals surface area (Å²) >= 11 is 0. The van der Waals surface area contributed by atoms with Crippen LogP contribution in [0.1, 0.15) is 46.9 Å². The van der Waals surface area contributed by atoms with E-state index in [2.05, 4.69) is 42.7 Å². The third-order valence-corrected chi connectivity index (χ3v) is 8.08. The number of H-pyrrole nitrogens is 1. The zero-order chi connectivity index (χ0) is 30.1. The van der Waals surface area contributed by atoms with Crippen LogP contribution in [-0.4, -0.2) is 75.4 Å². The van der Waals surface area contributed by atoms with Gasteiger partial charge in [0.1, 0.15) is 5.82 Å². The van der Waals surface area contributed by atoms with Crippen LogP contribution in [0.25, 0.3) is 5.82 Å². The number of benzene rings is 1. The molecular weight excluding hydrogens is 556 g/mol. The number of nitrogens with zero attached hydrogens (tertiary/aromatic N) is 6. The van der Waals surface area contributed by atoms with E-state index in [0.717, 1.165) is 66.6 Å². The number of ether oxygens (including phenoxy) is 1. The maximum absolute atomic E-state index is 13.4. The molecule has 3 N–H and O–H groups in total. The Bertz CT molecular complexity index is 1600. The number of fused-ring (bicyclic) bond motifs is 3. The van der Waals surface area contributed by atoms with Crippen molar-refractivity contribution in [1.82, 2.24) is 29.6 Å². The van der Waals surface area contributed by atoms with Crippen LogP contribution in [-0.2, 0) is 25.7 Å². The number of rotatable bonds is 9. The third-order valence-electron chi connectivity index (χ3n) is 8.08. The first-order valence-corrected chi connectivity index (χ1v) is 14.6. The first-order valence-electron chi connectivity index (χ1n) is 14.6. The fourth-order valence-electron chi connectivity index (χ4n) is 5.67. The van der Waals surface area contributed by atoms with Crippen molar-refractivity contribution in [2.45, 2.75) is 46.1 Å². The van der Waals surface area contributed by atoms with Crippen LogP contribution in [0.2, 0.25) is 0 Å². The largest absolute Gasteiger partial charge is 0.433 e. The third kappa shape index (κ3) is 5.76. The van der Waals surface area contributed by atoms with Crippen LogP contribution < -0.4 is 20.3 Å². The summed E-state index contributed by atoms with van der Waals surface area (Å²) in [7, 11) is 2.06. The van der Waals surface area contributed by atoms with Gasteiger partial charge in [-0.3, -0.25) is 9.89 Å². The van der Waals surface area contributed by atoms with Crippen LogP contribution in [0.5, 0.6) is 5.75 Å². The normalized spacial score (nSPS) is 14.9. The lowest BCUT2D eigenvalue weighted by Crippen LogP contribution is -2.44. The van der Waals surface area contributed by atoms with E-state index in [1.165, 1.54) is 0 Å². The molecule has 0 atom stereocenters. The lowest BCUT2D eigenvalue weighted by molar-refractivity contribution is -0.0493. The van der Waals surface area contributed by atoms with E-state index >= 15 is 0 Å². The minimum absolute atomic E-state index is 0.0190. The SMILES string of the molecule is CCc1n[nH]c(CC)c1NC(=O)c1ccn2c1CCc1cnc(Nc3ccc(N4CCN(C)CC4)cc3OC(F)F)nc1-2. The van der Waals surface area contributed by atoms with Gasteiger partial charge < -0.3 is 29.7 Å². The summed E-state index contributed by atoms with van der Waals surface area (Å²) in [4.78, 5) is 26.9. The summed E-state index contributed by atoms with van der Waals surface area (Å²) in [6.45, 7) is 4.40. The predicted molar refractivity (Wildman–Crippen MR) is 160 cm³/mol. The molecule has 0 saturated carbocycles. The molecule has 0 unspecified atom stereocenters. The zero-order valence-electron chi connectivity index (χ0n) is 24.5. The van der Waals surface area contributed by atoms with E-state index in [9.17, 15) is 13.6 Å². The van der Waals surface area contributed by atoms with Crippen molar-refractivity contribution in [3.8, 4) is 11.6 Å². The van der Waals surface area contributed by atoms with Gasteiger partial charge in [0.15, 0.2) is 5.75 Å². The van der Waals surface area contributed by atoms with Gasteiger partial charge in [0, 0.05) is 61.6 Å². The molecule has 1 fully saturated rings. The van der Waals surface area contributed by atoms with E-state index in [1.54, 1.807) is 24.4 Å². The maximum atomic E-state index is 13.4. The van der Waals surface area contributed by atoms with Crippen LogP contribution in [0.3, 0.4) is 0 Å². The average molecular weight is 592 g/mol. The molecule has 0 aliphatic carbocycles. The van der Waals surface area contributed by atoms with Crippen molar-refractivity contribution in [2.24, 2.45) is 0 Å². The van der Waals surface area contributed by atoms with Gasteiger partial charge in [-0.1, -0.05) is 13.8 Å². The van der Waals surface area contributed by atoms with Gasteiger partial charge >= 0.3 is 6.61 Å². The predicted octanol–water partition coefficient (Wildman–Crippen LogP) is 4.56. The van der Waals surface area contributed by atoms with Crippen molar-refractivity contribution >= 4 is 28.9 Å². The highest BCUT2D eigenvalue weighted by molar-refractivity contribution is 6.06. The molecule has 0 radical (unpaired) electrons. The Kier molecular flexibility index (Phi) is 7.98. The molecule has 2 aliphatic rings. The second-order valence-corrected chi connectivity index (χ2v) is 10.7. The van der Waals surface area contributed by atoms with Crippen LogP contribution in [0.15, 0.2) is 36.7 Å². The molecule has 1 saturated heterocycles. The second kappa shape index (κ2) is 12.0. The molecule has 226 valence electrons. The van der Waals surface area contributed by atoms with Crippen molar-refractivity contribution in [2.75, 3.05) is 48.8 Å². The Morgan fingerprint density at radius 1 is 1.12 bits per heavy atom. The number of hydrogen-bond donors (Lipinski definition) is 3. The van der Waals surface area contributed by atoms with E-state index in [4.69, 9.17) is 9.72 Å². The average Bonchev–Trinajstić information content (AvgIpc) is 3.62. The Balaban J connectivity index is 1.25. The maximum Gasteiger partial charge on any atom is 0.387 e. The van der Waals surface area contributed by atoms with Crippen LogP contribution in [0.4, 0.5) is 31.8 Å². The summed E-state index contributed by atoms with van der Waals surface area (Å²) in [5.41, 5.74) is 5.92. The first-order chi connectivity index (χ1) is 20.8. The molecule has 13 heteroatoms. The van der Waals surface area contributed by atoms with Crippen LogP contribution in [0, 0.1) is 0 Å². The number of aromatic nitrogens is 5. The van der Waals surface area contributed by atoms with Crippen molar-refractivity contribution in [3.05, 3.63) is 64.9 Å². The van der Waals surface area contributed by atoms with Crippen molar-refractivity contribution < 1.29 is 18.3 Å². The standard InChI is InChI=1S/C30H35F2N9O2/c1-4-21-26(22(5-2)38-37-21)35-28(42)20-10-11-41-24(20)9-6-18-17-33-30(36-27(18)41)34-23-8-7-19(16-25(23)43-29(31)32)40-14-12-39(3)13-15-40/h7-8,10-11,16-17,29H,4-6,9,12-15H2,1-3H3,(H,35,42)(H,37,38)(H,33,34,36). The second-order valence-electron chi connectivity index (χ2n) is 10.7. The monoisotopic (exact) mass is 591 g/mol. The number of nitrogens with one attached hydrogen (secondary N) is 3. The van der Waals surface area contributed by atoms with Gasteiger partial charge in [-0.2, -0.15) is 18.9 Å². The molecule has 1 amide bonds. The number of piperazine rings is 1. The molecule has 43 heavy (non-hydrogen) atoms. The topological polar surface area (TPSA) is 116 Å². The summed E-state index contributed by atoms with van der Waals surface area (Å²) < 4.78 is 33.6. The Labute approximate surface area is 248 Å². The fourth-order valence-corrected chi connectivity index (χ4v) is 5.67. The number of alkyl halides is 2.